The van der Waals surface area contributed by atoms with Gasteiger partial charge in [0.05, 0.1) is 4.92 Å². The van der Waals surface area contributed by atoms with Crippen molar-refractivity contribution < 1.29 is 4.92 Å². The molecule has 1 atom stereocenters. The second kappa shape index (κ2) is 7.21. The predicted octanol–water partition coefficient (Wildman–Crippen LogP) is 2.27. The van der Waals surface area contributed by atoms with E-state index in [1.54, 1.807) is 18.2 Å². The molecule has 0 fully saturated rings. The van der Waals surface area contributed by atoms with Crippen LogP contribution in [0.5, 0.6) is 0 Å². The molecule has 0 saturated carbocycles. The zero-order valence-corrected chi connectivity index (χ0v) is 12.1. The van der Waals surface area contributed by atoms with Gasteiger partial charge in [-0.25, -0.2) is 0 Å². The van der Waals surface area contributed by atoms with Gasteiger partial charge in [-0.1, -0.05) is 32.0 Å². The van der Waals surface area contributed by atoms with Crippen molar-refractivity contribution in [2.75, 3.05) is 20.6 Å². The van der Waals surface area contributed by atoms with Crippen LogP contribution in [-0.4, -0.2) is 36.5 Å². The SMILES string of the molecule is CC(C)C(CNCc1ccccc1[N+](=O)[O-])N(C)C. The Morgan fingerprint density at radius 2 is 1.95 bits per heavy atom. The average Bonchev–Trinajstić information content (AvgIpc) is 2.33. The van der Waals surface area contributed by atoms with Crippen LogP contribution in [-0.2, 0) is 6.54 Å². The molecular formula is C14H23N3O2. The van der Waals surface area contributed by atoms with Crippen molar-refractivity contribution in [2.24, 2.45) is 5.92 Å². The lowest BCUT2D eigenvalue weighted by Crippen LogP contribution is -2.41. The van der Waals surface area contributed by atoms with Crippen molar-refractivity contribution in [1.82, 2.24) is 10.2 Å². The fourth-order valence-electron chi connectivity index (χ4n) is 2.21. The summed E-state index contributed by atoms with van der Waals surface area (Å²) in [5.74, 6) is 0.535. The molecule has 5 nitrogen and oxygen atoms in total. The van der Waals surface area contributed by atoms with Crippen LogP contribution < -0.4 is 5.32 Å². The molecule has 0 aromatic heterocycles. The van der Waals surface area contributed by atoms with Crippen molar-refractivity contribution in [3.63, 3.8) is 0 Å². The highest BCUT2D eigenvalue weighted by molar-refractivity contribution is 5.39. The molecule has 1 N–H and O–H groups in total. The van der Waals surface area contributed by atoms with E-state index in [4.69, 9.17) is 0 Å². The quantitative estimate of drug-likeness (QED) is 0.607. The number of nitro benzene ring substituents is 1. The van der Waals surface area contributed by atoms with Gasteiger partial charge in [0.25, 0.3) is 5.69 Å². The maximum Gasteiger partial charge on any atom is 0.273 e. The summed E-state index contributed by atoms with van der Waals surface area (Å²) < 4.78 is 0. The maximum absolute atomic E-state index is 10.9. The van der Waals surface area contributed by atoms with Crippen molar-refractivity contribution in [2.45, 2.75) is 26.4 Å². The Balaban J connectivity index is 2.60. The second-order valence-electron chi connectivity index (χ2n) is 5.29. The smallest absolute Gasteiger partial charge is 0.273 e. The molecule has 0 radical (unpaired) electrons. The van der Waals surface area contributed by atoms with E-state index in [2.05, 4.69) is 38.2 Å². The van der Waals surface area contributed by atoms with E-state index in [9.17, 15) is 10.1 Å². The number of nitro groups is 1. The number of hydrogen-bond acceptors (Lipinski definition) is 4. The topological polar surface area (TPSA) is 58.4 Å². The van der Waals surface area contributed by atoms with E-state index >= 15 is 0 Å². The number of rotatable bonds is 7. The zero-order chi connectivity index (χ0) is 14.4. The summed E-state index contributed by atoms with van der Waals surface area (Å²) in [4.78, 5) is 12.8. The van der Waals surface area contributed by atoms with Gasteiger partial charge in [0, 0.05) is 30.8 Å². The summed E-state index contributed by atoms with van der Waals surface area (Å²) in [6.45, 7) is 5.69. The van der Waals surface area contributed by atoms with E-state index in [-0.39, 0.29) is 10.6 Å². The van der Waals surface area contributed by atoms with E-state index in [1.165, 1.54) is 0 Å². The molecule has 0 amide bonds. The third-order valence-corrected chi connectivity index (χ3v) is 3.29. The molecule has 0 aliphatic rings. The molecule has 1 aromatic carbocycles. The van der Waals surface area contributed by atoms with Crippen molar-refractivity contribution in [3.8, 4) is 0 Å². The monoisotopic (exact) mass is 265 g/mol. The first-order valence-corrected chi connectivity index (χ1v) is 6.53. The minimum Gasteiger partial charge on any atom is -0.311 e. The van der Waals surface area contributed by atoms with E-state index < -0.39 is 0 Å². The summed E-state index contributed by atoms with van der Waals surface area (Å²) >= 11 is 0. The summed E-state index contributed by atoms with van der Waals surface area (Å²) in [5.41, 5.74) is 0.912. The maximum atomic E-state index is 10.9. The molecule has 0 saturated heterocycles. The fourth-order valence-corrected chi connectivity index (χ4v) is 2.21. The van der Waals surface area contributed by atoms with Gasteiger partial charge in [-0.3, -0.25) is 10.1 Å². The zero-order valence-electron chi connectivity index (χ0n) is 12.1. The molecule has 1 rings (SSSR count). The van der Waals surface area contributed by atoms with E-state index in [1.807, 2.05) is 6.07 Å². The third kappa shape index (κ3) is 4.61. The van der Waals surface area contributed by atoms with E-state index in [0.717, 1.165) is 12.1 Å². The molecule has 0 spiro atoms. The number of benzene rings is 1. The second-order valence-corrected chi connectivity index (χ2v) is 5.29. The summed E-state index contributed by atoms with van der Waals surface area (Å²) in [7, 11) is 4.11. The number of likely N-dealkylation sites (N-methyl/N-ethyl adjacent to an activating group) is 1. The summed E-state index contributed by atoms with van der Waals surface area (Å²) in [5, 5.41) is 14.2. The Morgan fingerprint density at radius 3 is 2.47 bits per heavy atom. The van der Waals surface area contributed by atoms with Crippen LogP contribution in [0.1, 0.15) is 19.4 Å². The Morgan fingerprint density at radius 1 is 1.32 bits per heavy atom. The largest absolute Gasteiger partial charge is 0.311 e. The molecule has 106 valence electrons. The molecule has 5 heteroatoms. The first-order valence-electron chi connectivity index (χ1n) is 6.53. The first kappa shape index (κ1) is 15.6. The molecule has 19 heavy (non-hydrogen) atoms. The Bertz CT molecular complexity index is 411. The van der Waals surface area contributed by atoms with Crippen LogP contribution in [0.4, 0.5) is 5.69 Å². The molecule has 1 aromatic rings. The highest BCUT2D eigenvalue weighted by Gasteiger charge is 2.16. The Kier molecular flexibility index (Phi) is 5.92. The van der Waals surface area contributed by atoms with Crippen molar-refractivity contribution >= 4 is 5.69 Å². The van der Waals surface area contributed by atoms with Crippen LogP contribution in [0.2, 0.25) is 0 Å². The van der Waals surface area contributed by atoms with Gasteiger partial charge in [0.15, 0.2) is 0 Å². The molecule has 0 heterocycles. The van der Waals surface area contributed by atoms with Crippen molar-refractivity contribution in [1.29, 1.82) is 0 Å². The first-order chi connectivity index (χ1) is 8.93. The van der Waals surface area contributed by atoms with Gasteiger partial charge in [-0.15, -0.1) is 0 Å². The number of hydrogen-bond donors (Lipinski definition) is 1. The average molecular weight is 265 g/mol. The standard InChI is InChI=1S/C14H23N3O2/c1-11(2)14(16(3)4)10-15-9-12-7-5-6-8-13(12)17(18)19/h5-8,11,14-15H,9-10H2,1-4H3. The highest BCUT2D eigenvalue weighted by atomic mass is 16.6. The van der Waals surface area contributed by atoms with Gasteiger partial charge in [-0.05, 0) is 20.0 Å². The van der Waals surface area contributed by atoms with Gasteiger partial charge in [-0.2, -0.15) is 0 Å². The highest BCUT2D eigenvalue weighted by Crippen LogP contribution is 2.17. The van der Waals surface area contributed by atoms with Crippen LogP contribution >= 0.6 is 0 Å². The molecular weight excluding hydrogens is 242 g/mol. The molecule has 0 bridgehead atoms. The minimum atomic E-state index is -0.330. The normalized spacial score (nSPS) is 12.9. The summed E-state index contributed by atoms with van der Waals surface area (Å²) in [6, 6.07) is 7.28. The lowest BCUT2D eigenvalue weighted by molar-refractivity contribution is -0.385. The fraction of sp³-hybridized carbons (Fsp3) is 0.571. The Hall–Kier alpha value is -1.46. The molecule has 1 unspecified atom stereocenters. The van der Waals surface area contributed by atoms with Crippen LogP contribution in [0.15, 0.2) is 24.3 Å². The molecule has 0 aliphatic carbocycles. The van der Waals surface area contributed by atoms with E-state index in [0.29, 0.717) is 18.5 Å². The van der Waals surface area contributed by atoms with Crippen LogP contribution in [0.3, 0.4) is 0 Å². The van der Waals surface area contributed by atoms with Gasteiger partial charge in [0.2, 0.25) is 0 Å². The lowest BCUT2D eigenvalue weighted by Gasteiger charge is -2.28. The van der Waals surface area contributed by atoms with Crippen molar-refractivity contribution in [3.05, 3.63) is 39.9 Å². The Labute approximate surface area is 114 Å². The van der Waals surface area contributed by atoms with Gasteiger partial charge in [0.1, 0.15) is 0 Å². The number of para-hydroxylation sites is 1. The number of nitrogens with zero attached hydrogens (tertiary/aromatic N) is 2. The summed E-state index contributed by atoms with van der Waals surface area (Å²) in [6.07, 6.45) is 0. The third-order valence-electron chi connectivity index (χ3n) is 3.29. The minimum absolute atomic E-state index is 0.181. The van der Waals surface area contributed by atoms with Crippen LogP contribution in [0, 0.1) is 16.0 Å². The molecule has 0 aliphatic heterocycles. The predicted molar refractivity (Wildman–Crippen MR) is 77.1 cm³/mol. The van der Waals surface area contributed by atoms with Gasteiger partial charge >= 0.3 is 0 Å². The number of nitrogens with one attached hydrogen (secondary N) is 1. The van der Waals surface area contributed by atoms with Gasteiger partial charge < -0.3 is 10.2 Å². The lowest BCUT2D eigenvalue weighted by atomic mass is 10.0. The van der Waals surface area contributed by atoms with Crippen LogP contribution in [0.25, 0.3) is 0 Å².